The molecule has 0 N–H and O–H groups in total. The second-order valence-electron chi connectivity index (χ2n) is 5.37. The first-order valence-electron chi connectivity index (χ1n) is 5.18. The Bertz CT molecular complexity index is 396. The number of carbonyl (C=O) groups is 1. The van der Waals surface area contributed by atoms with Gasteiger partial charge in [-0.3, -0.25) is 4.79 Å². The van der Waals surface area contributed by atoms with E-state index < -0.39 is 10.1 Å². The van der Waals surface area contributed by atoms with Crippen LogP contribution in [0.3, 0.4) is 0 Å². The van der Waals surface area contributed by atoms with Crippen molar-refractivity contribution in [1.82, 2.24) is 0 Å². The van der Waals surface area contributed by atoms with Gasteiger partial charge in [-0.25, -0.2) is 8.42 Å². The van der Waals surface area contributed by atoms with Gasteiger partial charge in [-0.05, 0) is 23.7 Å². The average Bonchev–Trinajstić information content (AvgIpc) is 2.35. The first kappa shape index (κ1) is 11.1. The molecule has 2 rings (SSSR count). The number of fused-ring (bicyclic) bond motifs is 2. The van der Waals surface area contributed by atoms with Crippen LogP contribution in [0, 0.1) is 23.2 Å². The van der Waals surface area contributed by atoms with Gasteiger partial charge in [-0.2, -0.15) is 0 Å². The Kier molecular flexibility index (Phi) is 2.25. The first-order valence-corrected chi connectivity index (χ1v) is 6.76. The Morgan fingerprint density at radius 2 is 2.07 bits per heavy atom. The molecule has 5 heteroatoms. The maximum absolute atomic E-state index is 11.5. The highest BCUT2D eigenvalue weighted by molar-refractivity contribution is 7.85. The molecule has 2 fully saturated rings. The number of ketones is 1. The lowest BCUT2D eigenvalue weighted by molar-refractivity contribution is -0.122. The lowest BCUT2D eigenvalue weighted by atomic mass is 9.80. The molecule has 15 heavy (non-hydrogen) atoms. The third-order valence-electron chi connectivity index (χ3n) is 4.19. The highest BCUT2D eigenvalue weighted by Crippen LogP contribution is 2.58. The zero-order chi connectivity index (χ0) is 11.4. The van der Waals surface area contributed by atoms with Crippen LogP contribution in [0.2, 0.25) is 0 Å². The van der Waals surface area contributed by atoms with Crippen molar-refractivity contribution in [2.75, 3.05) is 5.75 Å². The molecule has 0 amide bonds. The standard InChI is InChI=1S/C10H16O4S/c1-10(2)7-4-9(11)8(10)3-6(7)5-15(12,13)14/h6-8H,3-5H2,1-2H3,(H,12,13,14)/p-1. The van der Waals surface area contributed by atoms with Gasteiger partial charge in [-0.15, -0.1) is 0 Å². The second kappa shape index (κ2) is 3.04. The molecule has 0 aromatic heterocycles. The second-order valence-corrected chi connectivity index (χ2v) is 6.82. The van der Waals surface area contributed by atoms with E-state index in [1.807, 2.05) is 13.8 Å². The van der Waals surface area contributed by atoms with Gasteiger partial charge in [0, 0.05) is 18.1 Å². The van der Waals surface area contributed by atoms with Crippen molar-refractivity contribution in [3.05, 3.63) is 0 Å². The monoisotopic (exact) mass is 231 g/mol. The van der Waals surface area contributed by atoms with Crippen LogP contribution in [0.15, 0.2) is 0 Å². The molecule has 0 aromatic carbocycles. The Hall–Kier alpha value is -0.420. The summed E-state index contributed by atoms with van der Waals surface area (Å²) >= 11 is 0. The molecule has 0 aliphatic heterocycles. The number of hydrogen-bond donors (Lipinski definition) is 0. The van der Waals surface area contributed by atoms with Crippen LogP contribution >= 0.6 is 0 Å². The fourth-order valence-electron chi connectivity index (χ4n) is 3.42. The van der Waals surface area contributed by atoms with E-state index in [-0.39, 0.29) is 34.7 Å². The number of Topliss-reactive ketones (excluding diaryl/α,β-unsaturated/α-hetero) is 1. The smallest absolute Gasteiger partial charge is 0.136 e. The van der Waals surface area contributed by atoms with E-state index in [1.165, 1.54) is 0 Å². The van der Waals surface area contributed by atoms with Gasteiger partial charge in [0.2, 0.25) is 0 Å². The quantitative estimate of drug-likeness (QED) is 0.658. The Morgan fingerprint density at radius 3 is 2.40 bits per heavy atom. The molecule has 0 saturated heterocycles. The largest absolute Gasteiger partial charge is 0.748 e. The number of rotatable bonds is 2. The number of carbonyl (C=O) groups excluding carboxylic acids is 1. The molecule has 0 spiro atoms. The zero-order valence-electron chi connectivity index (χ0n) is 8.89. The minimum absolute atomic E-state index is 0.0331. The van der Waals surface area contributed by atoms with Crippen molar-refractivity contribution >= 4 is 15.9 Å². The van der Waals surface area contributed by atoms with Gasteiger partial charge in [0.05, 0.1) is 10.1 Å². The molecule has 2 aliphatic rings. The summed E-state index contributed by atoms with van der Waals surface area (Å²) in [4.78, 5) is 11.5. The minimum Gasteiger partial charge on any atom is -0.748 e. The molecular formula is C10H15O4S-. The van der Waals surface area contributed by atoms with Gasteiger partial charge in [0.15, 0.2) is 0 Å². The summed E-state index contributed by atoms with van der Waals surface area (Å²) in [6.45, 7) is 4.01. The summed E-state index contributed by atoms with van der Waals surface area (Å²) in [6, 6.07) is 0. The molecule has 2 aliphatic carbocycles. The van der Waals surface area contributed by atoms with Crippen LogP contribution in [-0.4, -0.2) is 24.5 Å². The zero-order valence-corrected chi connectivity index (χ0v) is 9.71. The molecule has 0 radical (unpaired) electrons. The predicted octanol–water partition coefficient (Wildman–Crippen LogP) is 0.783. The molecule has 3 atom stereocenters. The van der Waals surface area contributed by atoms with Crippen LogP contribution in [0.25, 0.3) is 0 Å². The van der Waals surface area contributed by atoms with Crippen molar-refractivity contribution in [3.63, 3.8) is 0 Å². The lowest BCUT2D eigenvalue weighted by Crippen LogP contribution is -2.25. The lowest BCUT2D eigenvalue weighted by Gasteiger charge is -2.26. The van der Waals surface area contributed by atoms with E-state index in [2.05, 4.69) is 0 Å². The topological polar surface area (TPSA) is 74.3 Å². The summed E-state index contributed by atoms with van der Waals surface area (Å²) in [5.74, 6) is -0.118. The maximum Gasteiger partial charge on any atom is 0.136 e. The third kappa shape index (κ3) is 1.72. The van der Waals surface area contributed by atoms with Crippen molar-refractivity contribution in [2.45, 2.75) is 26.7 Å². The van der Waals surface area contributed by atoms with E-state index in [1.54, 1.807) is 0 Å². The molecule has 2 bridgehead atoms. The van der Waals surface area contributed by atoms with Crippen LogP contribution < -0.4 is 0 Å². The van der Waals surface area contributed by atoms with Crippen molar-refractivity contribution in [1.29, 1.82) is 0 Å². The van der Waals surface area contributed by atoms with E-state index >= 15 is 0 Å². The van der Waals surface area contributed by atoms with E-state index in [4.69, 9.17) is 0 Å². The molecule has 0 aromatic rings. The normalized spacial score (nSPS) is 38.6. The van der Waals surface area contributed by atoms with E-state index in [0.29, 0.717) is 12.8 Å². The molecule has 2 saturated carbocycles. The van der Waals surface area contributed by atoms with Crippen LogP contribution in [0.4, 0.5) is 0 Å². The number of hydrogen-bond acceptors (Lipinski definition) is 4. The van der Waals surface area contributed by atoms with Gasteiger partial charge in [0.25, 0.3) is 0 Å². The predicted molar refractivity (Wildman–Crippen MR) is 53.1 cm³/mol. The maximum atomic E-state index is 11.5. The first-order chi connectivity index (χ1) is 6.72. The van der Waals surface area contributed by atoms with Crippen molar-refractivity contribution in [2.24, 2.45) is 23.2 Å². The fourth-order valence-corrected chi connectivity index (χ4v) is 4.31. The molecular weight excluding hydrogens is 216 g/mol. The van der Waals surface area contributed by atoms with Crippen LogP contribution in [0.5, 0.6) is 0 Å². The Balaban J connectivity index is 2.20. The van der Waals surface area contributed by atoms with E-state index in [9.17, 15) is 17.8 Å². The fraction of sp³-hybridized carbons (Fsp3) is 0.900. The summed E-state index contributed by atoms with van der Waals surface area (Å²) in [7, 11) is -4.16. The minimum atomic E-state index is -4.16. The Labute approximate surface area is 89.8 Å². The van der Waals surface area contributed by atoms with Crippen molar-refractivity contribution in [3.8, 4) is 0 Å². The summed E-state index contributed by atoms with van der Waals surface area (Å²) < 4.78 is 32.1. The Morgan fingerprint density at radius 1 is 1.47 bits per heavy atom. The highest BCUT2D eigenvalue weighted by Gasteiger charge is 2.57. The van der Waals surface area contributed by atoms with Gasteiger partial charge in [-0.1, -0.05) is 13.8 Å². The highest BCUT2D eigenvalue weighted by atomic mass is 32.2. The summed E-state index contributed by atoms with van der Waals surface area (Å²) in [6.07, 6.45) is 1.04. The third-order valence-corrected chi connectivity index (χ3v) is 5.03. The van der Waals surface area contributed by atoms with E-state index in [0.717, 1.165) is 0 Å². The van der Waals surface area contributed by atoms with Gasteiger partial charge in [0.1, 0.15) is 5.78 Å². The summed E-state index contributed by atoms with van der Waals surface area (Å²) in [5, 5.41) is 0. The van der Waals surface area contributed by atoms with Crippen molar-refractivity contribution < 1.29 is 17.8 Å². The SMILES string of the molecule is CC1(C)C2CC(CS(=O)(=O)[O-])C1CC2=O. The van der Waals surface area contributed by atoms with Gasteiger partial charge < -0.3 is 4.55 Å². The summed E-state index contributed by atoms with van der Waals surface area (Å²) in [5.41, 5.74) is -0.119. The van der Waals surface area contributed by atoms with Gasteiger partial charge >= 0.3 is 0 Å². The molecule has 86 valence electrons. The molecule has 4 nitrogen and oxygen atoms in total. The molecule has 3 unspecified atom stereocenters. The van der Waals surface area contributed by atoms with Crippen LogP contribution in [-0.2, 0) is 14.9 Å². The molecule has 0 heterocycles. The average molecular weight is 231 g/mol. The van der Waals surface area contributed by atoms with Crippen LogP contribution in [0.1, 0.15) is 26.7 Å².